The van der Waals surface area contributed by atoms with Gasteiger partial charge in [-0.3, -0.25) is 4.79 Å². The minimum Gasteiger partial charge on any atom is -0.481 e. The third-order valence-corrected chi connectivity index (χ3v) is 3.16. The van der Waals surface area contributed by atoms with E-state index in [1.54, 1.807) is 25.1 Å². The van der Waals surface area contributed by atoms with E-state index >= 15 is 0 Å². The maximum absolute atomic E-state index is 13.1. The number of halogens is 3. The van der Waals surface area contributed by atoms with Crippen molar-refractivity contribution in [2.24, 2.45) is 0 Å². The molecular weight excluding hydrogens is 344 g/mol. The van der Waals surface area contributed by atoms with Gasteiger partial charge >= 0.3 is 0 Å². The Hall–Kier alpha value is -1.95. The molecule has 0 aliphatic heterocycles. The van der Waals surface area contributed by atoms with E-state index in [0.29, 0.717) is 5.75 Å². The zero-order valence-electron chi connectivity index (χ0n) is 11.1. The molecule has 0 radical (unpaired) electrons. The van der Waals surface area contributed by atoms with Gasteiger partial charge in [-0.25, -0.2) is 8.78 Å². The van der Waals surface area contributed by atoms with Crippen LogP contribution in [0.1, 0.15) is 6.92 Å². The van der Waals surface area contributed by atoms with Gasteiger partial charge in [-0.05, 0) is 37.3 Å². The second-order valence-electron chi connectivity index (χ2n) is 4.34. The first-order chi connectivity index (χ1) is 9.95. The third kappa shape index (κ3) is 4.26. The van der Waals surface area contributed by atoms with Gasteiger partial charge in [0.25, 0.3) is 5.91 Å². The summed E-state index contributed by atoms with van der Waals surface area (Å²) in [6.07, 6.45) is -0.785. The van der Waals surface area contributed by atoms with Gasteiger partial charge in [0.2, 0.25) is 0 Å². The SMILES string of the molecule is CC(Oc1cccc(Br)c1)C(=O)Nc1ccc(F)c(F)c1. The van der Waals surface area contributed by atoms with E-state index in [2.05, 4.69) is 21.2 Å². The summed E-state index contributed by atoms with van der Waals surface area (Å²) in [4.78, 5) is 11.9. The zero-order valence-corrected chi connectivity index (χ0v) is 12.7. The van der Waals surface area contributed by atoms with E-state index in [9.17, 15) is 13.6 Å². The molecule has 21 heavy (non-hydrogen) atoms. The molecule has 2 rings (SSSR count). The highest BCUT2D eigenvalue weighted by atomic mass is 79.9. The van der Waals surface area contributed by atoms with Crippen LogP contribution >= 0.6 is 15.9 Å². The molecule has 1 atom stereocenters. The number of benzene rings is 2. The molecule has 110 valence electrons. The number of anilines is 1. The first-order valence-corrected chi connectivity index (χ1v) is 6.93. The molecule has 0 heterocycles. The molecule has 1 amide bonds. The van der Waals surface area contributed by atoms with Crippen LogP contribution in [0.3, 0.4) is 0 Å². The fourth-order valence-corrected chi connectivity index (χ4v) is 1.99. The van der Waals surface area contributed by atoms with Gasteiger partial charge in [0.05, 0.1) is 0 Å². The molecule has 3 nitrogen and oxygen atoms in total. The van der Waals surface area contributed by atoms with Crippen LogP contribution < -0.4 is 10.1 Å². The smallest absolute Gasteiger partial charge is 0.265 e. The Morgan fingerprint density at radius 2 is 1.95 bits per heavy atom. The number of carbonyl (C=O) groups is 1. The average Bonchev–Trinajstić information content (AvgIpc) is 2.43. The minimum atomic E-state index is -1.02. The van der Waals surface area contributed by atoms with Gasteiger partial charge in [-0.2, -0.15) is 0 Å². The van der Waals surface area contributed by atoms with Crippen LogP contribution in [0.25, 0.3) is 0 Å². The van der Waals surface area contributed by atoms with E-state index in [1.165, 1.54) is 6.07 Å². The molecule has 0 aliphatic carbocycles. The van der Waals surface area contributed by atoms with Gasteiger partial charge in [-0.15, -0.1) is 0 Å². The van der Waals surface area contributed by atoms with Crippen molar-refractivity contribution < 1.29 is 18.3 Å². The number of rotatable bonds is 4. The average molecular weight is 356 g/mol. The normalized spacial score (nSPS) is 11.8. The van der Waals surface area contributed by atoms with Gasteiger partial charge < -0.3 is 10.1 Å². The van der Waals surface area contributed by atoms with Crippen LogP contribution in [0.5, 0.6) is 5.75 Å². The summed E-state index contributed by atoms with van der Waals surface area (Å²) in [7, 11) is 0. The van der Waals surface area contributed by atoms with Crippen LogP contribution in [0.15, 0.2) is 46.9 Å². The first-order valence-electron chi connectivity index (χ1n) is 6.14. The fourth-order valence-electron chi connectivity index (χ4n) is 1.62. The maximum atomic E-state index is 13.1. The van der Waals surface area contributed by atoms with Crippen LogP contribution in [0.4, 0.5) is 14.5 Å². The Labute approximate surface area is 129 Å². The van der Waals surface area contributed by atoms with Gasteiger partial charge in [0.15, 0.2) is 17.7 Å². The summed E-state index contributed by atoms with van der Waals surface area (Å²) < 4.78 is 32.2. The molecule has 0 saturated carbocycles. The van der Waals surface area contributed by atoms with Crippen LogP contribution in [-0.2, 0) is 4.79 Å². The van der Waals surface area contributed by atoms with Crippen molar-refractivity contribution in [2.45, 2.75) is 13.0 Å². The Morgan fingerprint density at radius 1 is 1.19 bits per heavy atom. The first kappa shape index (κ1) is 15.4. The summed E-state index contributed by atoms with van der Waals surface area (Å²) in [5, 5.41) is 2.46. The number of hydrogen-bond acceptors (Lipinski definition) is 2. The molecule has 1 N–H and O–H groups in total. The van der Waals surface area contributed by atoms with Crippen LogP contribution in [-0.4, -0.2) is 12.0 Å². The quantitative estimate of drug-likeness (QED) is 0.895. The standard InChI is InChI=1S/C15H12BrF2NO2/c1-9(21-12-4-2-3-10(16)7-12)15(20)19-11-5-6-13(17)14(18)8-11/h2-9H,1H3,(H,19,20). The summed E-state index contributed by atoms with van der Waals surface area (Å²) in [6.45, 7) is 1.57. The zero-order chi connectivity index (χ0) is 15.4. The molecule has 0 aromatic heterocycles. The van der Waals surface area contributed by atoms with E-state index in [-0.39, 0.29) is 5.69 Å². The van der Waals surface area contributed by atoms with E-state index in [0.717, 1.165) is 16.6 Å². The number of carbonyl (C=O) groups excluding carboxylic acids is 1. The topological polar surface area (TPSA) is 38.3 Å². The van der Waals surface area contributed by atoms with Crippen LogP contribution in [0.2, 0.25) is 0 Å². The lowest BCUT2D eigenvalue weighted by Crippen LogP contribution is -2.30. The monoisotopic (exact) mass is 355 g/mol. The predicted molar refractivity (Wildman–Crippen MR) is 79.2 cm³/mol. The molecule has 2 aromatic rings. The lowest BCUT2D eigenvalue weighted by Gasteiger charge is -2.15. The van der Waals surface area contributed by atoms with Crippen molar-refractivity contribution in [1.29, 1.82) is 0 Å². The predicted octanol–water partition coefficient (Wildman–Crippen LogP) is 4.13. The highest BCUT2D eigenvalue weighted by Crippen LogP contribution is 2.19. The Morgan fingerprint density at radius 3 is 2.62 bits per heavy atom. The van der Waals surface area contributed by atoms with Crippen molar-refractivity contribution in [1.82, 2.24) is 0 Å². The van der Waals surface area contributed by atoms with Crippen molar-refractivity contribution in [3.63, 3.8) is 0 Å². The molecule has 6 heteroatoms. The molecule has 0 bridgehead atoms. The Bertz CT molecular complexity index is 664. The lowest BCUT2D eigenvalue weighted by atomic mass is 10.2. The third-order valence-electron chi connectivity index (χ3n) is 2.67. The summed E-state index contributed by atoms with van der Waals surface area (Å²) >= 11 is 3.30. The second kappa shape index (κ2) is 6.67. The lowest BCUT2D eigenvalue weighted by molar-refractivity contribution is -0.122. The molecule has 2 aromatic carbocycles. The maximum Gasteiger partial charge on any atom is 0.265 e. The van der Waals surface area contributed by atoms with E-state index < -0.39 is 23.6 Å². The highest BCUT2D eigenvalue weighted by Gasteiger charge is 2.15. The van der Waals surface area contributed by atoms with E-state index in [4.69, 9.17) is 4.74 Å². The summed E-state index contributed by atoms with van der Waals surface area (Å²) in [5.74, 6) is -1.92. The Balaban J connectivity index is 2.00. The van der Waals surface area contributed by atoms with Crippen molar-refractivity contribution in [2.75, 3.05) is 5.32 Å². The molecule has 0 spiro atoms. The minimum absolute atomic E-state index is 0.170. The Kier molecular flexibility index (Phi) is 4.90. The largest absolute Gasteiger partial charge is 0.481 e. The molecule has 0 fully saturated rings. The van der Waals surface area contributed by atoms with Gasteiger partial charge in [0, 0.05) is 16.2 Å². The van der Waals surface area contributed by atoms with Crippen molar-refractivity contribution in [3.05, 3.63) is 58.6 Å². The number of hydrogen-bond donors (Lipinski definition) is 1. The molecule has 0 aliphatic rings. The van der Waals surface area contributed by atoms with E-state index in [1.807, 2.05) is 6.07 Å². The highest BCUT2D eigenvalue weighted by molar-refractivity contribution is 9.10. The van der Waals surface area contributed by atoms with Gasteiger partial charge in [0.1, 0.15) is 5.75 Å². The van der Waals surface area contributed by atoms with Crippen molar-refractivity contribution in [3.8, 4) is 5.75 Å². The molecule has 1 unspecified atom stereocenters. The van der Waals surface area contributed by atoms with Crippen LogP contribution in [0, 0.1) is 11.6 Å². The fraction of sp³-hybridized carbons (Fsp3) is 0.133. The number of amides is 1. The molecule has 0 saturated heterocycles. The summed E-state index contributed by atoms with van der Waals surface area (Å²) in [5.41, 5.74) is 0.170. The summed E-state index contributed by atoms with van der Waals surface area (Å²) in [6, 6.07) is 10.2. The van der Waals surface area contributed by atoms with Crippen molar-refractivity contribution >= 4 is 27.5 Å². The number of ether oxygens (including phenoxy) is 1. The van der Waals surface area contributed by atoms with Gasteiger partial charge in [-0.1, -0.05) is 22.0 Å². The number of nitrogens with one attached hydrogen (secondary N) is 1. The second-order valence-corrected chi connectivity index (χ2v) is 5.25. The molecular formula is C15H12BrF2NO2.